The monoisotopic (exact) mass is 515 g/mol. The molecule has 0 aliphatic carbocycles. The van der Waals surface area contributed by atoms with Gasteiger partial charge in [-0.25, -0.2) is 4.39 Å². The van der Waals surface area contributed by atoms with Crippen LogP contribution in [-0.4, -0.2) is 40.6 Å². The Morgan fingerprint density at radius 2 is 1.71 bits per heavy atom. The van der Waals surface area contributed by atoms with Crippen molar-refractivity contribution in [1.82, 2.24) is 10.2 Å². The molecule has 10 heteroatoms. The number of aromatic hydroxyl groups is 1. The number of fused-ring (bicyclic) bond motifs is 5. The molecule has 4 aliphatic heterocycles. The van der Waals surface area contributed by atoms with Gasteiger partial charge in [0.1, 0.15) is 17.1 Å². The Hall–Kier alpha value is -4.44. The Bertz CT molecular complexity index is 1530. The summed E-state index contributed by atoms with van der Waals surface area (Å²) in [6, 6.07) is 15.1. The summed E-state index contributed by atoms with van der Waals surface area (Å²) < 4.78 is 25.2. The highest BCUT2D eigenvalue weighted by Gasteiger charge is 2.70. The van der Waals surface area contributed by atoms with Gasteiger partial charge in [0.25, 0.3) is 0 Å². The highest BCUT2D eigenvalue weighted by atomic mass is 19.1. The Labute approximate surface area is 216 Å². The lowest BCUT2D eigenvalue weighted by molar-refractivity contribution is -0.143. The number of phenolic OH excluding ortho intramolecular Hbond substituents is 1. The molecule has 0 aromatic heterocycles. The van der Waals surface area contributed by atoms with Gasteiger partial charge in [-0.1, -0.05) is 18.2 Å². The minimum absolute atomic E-state index is 0.000936. The summed E-state index contributed by atoms with van der Waals surface area (Å²) in [6.07, 6.45) is 0.317. The zero-order valence-corrected chi connectivity index (χ0v) is 19.9. The summed E-state index contributed by atoms with van der Waals surface area (Å²) in [5, 5.41) is 15.8. The number of benzene rings is 3. The van der Waals surface area contributed by atoms with Crippen LogP contribution < -0.4 is 20.1 Å². The third kappa shape index (κ3) is 3.16. The second-order valence-electron chi connectivity index (χ2n) is 10.0. The highest BCUT2D eigenvalue weighted by molar-refractivity contribution is 6.15. The van der Waals surface area contributed by atoms with E-state index < -0.39 is 47.0 Å². The average molecular weight is 515 g/mol. The van der Waals surface area contributed by atoms with Crippen molar-refractivity contribution in [2.75, 3.05) is 12.1 Å². The number of carbonyl (C=O) groups is 3. The third-order valence-electron chi connectivity index (χ3n) is 7.94. The molecular formula is C28H22FN3O6. The van der Waals surface area contributed by atoms with Crippen LogP contribution in [0, 0.1) is 17.7 Å². The molecule has 3 N–H and O–H groups in total. The van der Waals surface area contributed by atoms with Crippen LogP contribution in [-0.2, 0) is 32.9 Å². The van der Waals surface area contributed by atoms with Crippen molar-refractivity contribution in [3.05, 3.63) is 83.2 Å². The largest absolute Gasteiger partial charge is 0.508 e. The van der Waals surface area contributed by atoms with Crippen LogP contribution in [0.2, 0.25) is 0 Å². The topological polar surface area (TPSA) is 117 Å². The van der Waals surface area contributed by atoms with Crippen molar-refractivity contribution >= 4 is 23.4 Å². The Morgan fingerprint density at radius 1 is 0.947 bits per heavy atom. The quantitative estimate of drug-likeness (QED) is 0.457. The van der Waals surface area contributed by atoms with E-state index in [9.17, 15) is 23.9 Å². The van der Waals surface area contributed by atoms with Gasteiger partial charge in [0.05, 0.1) is 18.4 Å². The maximum Gasteiger partial charge on any atom is 0.250 e. The van der Waals surface area contributed by atoms with Crippen molar-refractivity contribution < 1.29 is 33.4 Å². The normalized spacial score (nSPS) is 26.7. The van der Waals surface area contributed by atoms with Crippen LogP contribution in [0.25, 0.3) is 0 Å². The van der Waals surface area contributed by atoms with Gasteiger partial charge < -0.3 is 19.9 Å². The number of phenols is 1. The summed E-state index contributed by atoms with van der Waals surface area (Å²) in [4.78, 5) is 42.6. The van der Waals surface area contributed by atoms with Crippen LogP contribution in [0.5, 0.6) is 17.2 Å². The number of anilines is 1. The van der Waals surface area contributed by atoms with E-state index in [4.69, 9.17) is 9.47 Å². The Balaban J connectivity index is 1.30. The first-order chi connectivity index (χ1) is 18.3. The number of rotatable bonds is 4. The van der Waals surface area contributed by atoms with E-state index in [-0.39, 0.29) is 19.1 Å². The predicted molar refractivity (Wildman–Crippen MR) is 131 cm³/mol. The van der Waals surface area contributed by atoms with Gasteiger partial charge in [0.2, 0.25) is 24.5 Å². The van der Waals surface area contributed by atoms with Gasteiger partial charge in [0.15, 0.2) is 11.5 Å². The number of imide groups is 1. The SMILES string of the molecule is O=C1[C@@H]2[C@H](Cc3ccc(O)cc3)N[C@]3(C(=O)Nc4ccc(F)cc43)[C@H]2C(=O)N1Cc1ccc2c(c1)OCO2. The Morgan fingerprint density at radius 3 is 2.53 bits per heavy atom. The second-order valence-corrected chi connectivity index (χ2v) is 10.0. The number of likely N-dealkylation sites (tertiary alicyclic amines) is 1. The lowest BCUT2D eigenvalue weighted by Gasteiger charge is -2.29. The molecule has 4 atom stereocenters. The van der Waals surface area contributed by atoms with Crippen molar-refractivity contribution in [2.24, 2.45) is 11.8 Å². The number of nitrogens with one attached hydrogen (secondary N) is 2. The maximum atomic E-state index is 14.4. The lowest BCUT2D eigenvalue weighted by Crippen LogP contribution is -2.53. The Kier molecular flexibility index (Phi) is 4.80. The fourth-order valence-corrected chi connectivity index (χ4v) is 6.27. The number of hydrogen-bond donors (Lipinski definition) is 3. The molecule has 0 bridgehead atoms. The molecule has 0 unspecified atom stereocenters. The number of halogens is 1. The molecule has 9 nitrogen and oxygen atoms in total. The molecule has 38 heavy (non-hydrogen) atoms. The first kappa shape index (κ1) is 22.7. The van der Waals surface area contributed by atoms with Crippen LogP contribution in [0.15, 0.2) is 60.7 Å². The molecule has 2 saturated heterocycles. The third-order valence-corrected chi connectivity index (χ3v) is 7.94. The van der Waals surface area contributed by atoms with Crippen molar-refractivity contribution in [1.29, 1.82) is 0 Å². The molecule has 2 fully saturated rings. The fourth-order valence-electron chi connectivity index (χ4n) is 6.27. The molecule has 3 amide bonds. The van der Waals surface area contributed by atoms with Crippen LogP contribution in [0.1, 0.15) is 16.7 Å². The zero-order chi connectivity index (χ0) is 26.2. The molecular weight excluding hydrogens is 493 g/mol. The number of nitrogens with zero attached hydrogens (tertiary/aromatic N) is 1. The molecule has 0 radical (unpaired) electrons. The summed E-state index contributed by atoms with van der Waals surface area (Å²) in [5.74, 6) is -2.63. The standard InChI is InChI=1S/C28H22FN3O6/c29-16-4-7-19-18(11-16)28(27(36)30-19)24-23(20(31-28)9-14-1-5-17(33)6-2-14)25(34)32(26(24)35)12-15-3-8-21-22(10-15)38-13-37-21/h1-8,10-11,20,23-24,31,33H,9,12-13H2,(H,30,36)/t20-,23+,24+,28-/m0/s1. The van der Waals surface area contributed by atoms with E-state index in [1.807, 2.05) is 0 Å². The minimum atomic E-state index is -1.60. The number of ether oxygens (including phenoxy) is 2. The lowest BCUT2D eigenvalue weighted by atomic mass is 9.76. The predicted octanol–water partition coefficient (Wildman–Crippen LogP) is 2.42. The average Bonchev–Trinajstić information content (AvgIpc) is 3.63. The first-order valence-corrected chi connectivity index (χ1v) is 12.3. The molecule has 3 aromatic carbocycles. The van der Waals surface area contributed by atoms with Gasteiger partial charge in [-0.15, -0.1) is 0 Å². The van der Waals surface area contributed by atoms with E-state index in [0.717, 1.165) is 5.56 Å². The van der Waals surface area contributed by atoms with E-state index in [1.54, 1.807) is 30.3 Å². The van der Waals surface area contributed by atoms with Crippen molar-refractivity contribution in [3.63, 3.8) is 0 Å². The van der Waals surface area contributed by atoms with Crippen molar-refractivity contribution in [2.45, 2.75) is 24.5 Å². The van der Waals surface area contributed by atoms with Gasteiger partial charge in [-0.3, -0.25) is 24.6 Å². The van der Waals surface area contributed by atoms with Crippen LogP contribution in [0.4, 0.5) is 10.1 Å². The molecule has 192 valence electrons. The van der Waals surface area contributed by atoms with Gasteiger partial charge >= 0.3 is 0 Å². The number of amides is 3. The molecule has 1 spiro atoms. The van der Waals surface area contributed by atoms with Crippen LogP contribution in [0.3, 0.4) is 0 Å². The summed E-state index contributed by atoms with van der Waals surface area (Å²) in [5.41, 5.74) is 0.609. The summed E-state index contributed by atoms with van der Waals surface area (Å²) >= 11 is 0. The molecule has 4 aliphatic rings. The summed E-state index contributed by atoms with van der Waals surface area (Å²) in [6.45, 7) is 0.101. The van der Waals surface area contributed by atoms with Gasteiger partial charge in [-0.2, -0.15) is 0 Å². The van der Waals surface area contributed by atoms with E-state index in [2.05, 4.69) is 10.6 Å². The summed E-state index contributed by atoms with van der Waals surface area (Å²) in [7, 11) is 0. The van der Waals surface area contributed by atoms with Crippen molar-refractivity contribution in [3.8, 4) is 17.2 Å². The zero-order valence-electron chi connectivity index (χ0n) is 19.9. The van der Waals surface area contributed by atoms with Crippen LogP contribution >= 0.6 is 0 Å². The first-order valence-electron chi connectivity index (χ1n) is 12.3. The molecule has 3 aromatic rings. The van der Waals surface area contributed by atoms with Gasteiger partial charge in [-0.05, 0) is 60.0 Å². The molecule has 7 rings (SSSR count). The van der Waals surface area contributed by atoms with Gasteiger partial charge in [0, 0.05) is 17.3 Å². The number of carbonyl (C=O) groups excluding carboxylic acids is 3. The minimum Gasteiger partial charge on any atom is -0.508 e. The molecule has 4 heterocycles. The fraction of sp³-hybridized carbons (Fsp3) is 0.250. The maximum absolute atomic E-state index is 14.4. The molecule has 0 saturated carbocycles. The van der Waals surface area contributed by atoms with E-state index >= 15 is 0 Å². The second kappa shape index (κ2) is 8.03. The smallest absolute Gasteiger partial charge is 0.250 e. The van der Waals surface area contributed by atoms with E-state index in [1.165, 1.54) is 35.2 Å². The van der Waals surface area contributed by atoms with E-state index in [0.29, 0.717) is 34.7 Å². The highest BCUT2D eigenvalue weighted by Crippen LogP contribution is 2.53. The number of hydrogen-bond acceptors (Lipinski definition) is 7.